The fraction of sp³-hybridized carbons (Fsp3) is 0.692. The standard InChI is InChI=1S/C13H23N3O2/c1-5-9(3)12(17)7-14-13(18)10-8-16(4)15-11(10)6-2/h8-9,12,17H,5-7H2,1-4H3,(H,14,18). The molecular formula is C13H23N3O2. The summed E-state index contributed by atoms with van der Waals surface area (Å²) in [5, 5.41) is 16.8. The van der Waals surface area contributed by atoms with Crippen LogP contribution in [0.2, 0.25) is 0 Å². The third kappa shape index (κ3) is 3.57. The van der Waals surface area contributed by atoms with E-state index in [0.717, 1.165) is 18.5 Å². The average molecular weight is 253 g/mol. The number of nitrogens with one attached hydrogen (secondary N) is 1. The summed E-state index contributed by atoms with van der Waals surface area (Å²) in [6.07, 6.45) is 2.83. The van der Waals surface area contributed by atoms with Crippen molar-refractivity contribution in [3.05, 3.63) is 17.5 Å². The molecule has 0 saturated carbocycles. The van der Waals surface area contributed by atoms with Crippen molar-refractivity contribution in [3.63, 3.8) is 0 Å². The average Bonchev–Trinajstić information content (AvgIpc) is 2.75. The van der Waals surface area contributed by atoms with Crippen molar-refractivity contribution in [2.24, 2.45) is 13.0 Å². The number of aromatic nitrogens is 2. The predicted octanol–water partition coefficient (Wildman–Crippen LogP) is 1.12. The molecule has 1 rings (SSSR count). The fourth-order valence-electron chi connectivity index (χ4n) is 1.75. The van der Waals surface area contributed by atoms with E-state index in [9.17, 15) is 9.90 Å². The summed E-state index contributed by atoms with van der Waals surface area (Å²) < 4.78 is 1.64. The second kappa shape index (κ2) is 6.54. The summed E-state index contributed by atoms with van der Waals surface area (Å²) in [6.45, 7) is 6.24. The van der Waals surface area contributed by atoms with Crippen LogP contribution in [0.3, 0.4) is 0 Å². The highest BCUT2D eigenvalue weighted by atomic mass is 16.3. The van der Waals surface area contributed by atoms with Gasteiger partial charge >= 0.3 is 0 Å². The molecule has 5 heteroatoms. The van der Waals surface area contributed by atoms with Gasteiger partial charge < -0.3 is 10.4 Å². The van der Waals surface area contributed by atoms with Crippen LogP contribution in [0.5, 0.6) is 0 Å². The van der Waals surface area contributed by atoms with Gasteiger partial charge in [0.2, 0.25) is 0 Å². The number of amides is 1. The molecule has 102 valence electrons. The molecule has 0 aliphatic rings. The molecule has 18 heavy (non-hydrogen) atoms. The van der Waals surface area contributed by atoms with Crippen LogP contribution in [-0.4, -0.2) is 33.4 Å². The summed E-state index contributed by atoms with van der Waals surface area (Å²) >= 11 is 0. The van der Waals surface area contributed by atoms with E-state index in [2.05, 4.69) is 10.4 Å². The third-order valence-corrected chi connectivity index (χ3v) is 3.26. The minimum absolute atomic E-state index is 0.165. The smallest absolute Gasteiger partial charge is 0.254 e. The Bertz CT molecular complexity index is 401. The molecule has 2 N–H and O–H groups in total. The van der Waals surface area contributed by atoms with Crippen LogP contribution in [0, 0.1) is 5.92 Å². The number of hydrogen-bond acceptors (Lipinski definition) is 3. The molecule has 1 aromatic rings. The van der Waals surface area contributed by atoms with Gasteiger partial charge in [-0.25, -0.2) is 0 Å². The van der Waals surface area contributed by atoms with Gasteiger partial charge in [-0.3, -0.25) is 9.48 Å². The van der Waals surface area contributed by atoms with Crippen LogP contribution >= 0.6 is 0 Å². The van der Waals surface area contributed by atoms with Gasteiger partial charge in [0.15, 0.2) is 0 Å². The van der Waals surface area contributed by atoms with Gasteiger partial charge in [-0.2, -0.15) is 5.10 Å². The van der Waals surface area contributed by atoms with E-state index in [1.54, 1.807) is 17.9 Å². The molecule has 0 aliphatic heterocycles. The Labute approximate surface area is 108 Å². The Morgan fingerprint density at radius 1 is 1.56 bits per heavy atom. The first-order valence-corrected chi connectivity index (χ1v) is 6.48. The molecule has 0 fully saturated rings. The topological polar surface area (TPSA) is 67.2 Å². The lowest BCUT2D eigenvalue weighted by Gasteiger charge is -2.17. The number of carbonyl (C=O) groups is 1. The molecule has 1 aromatic heterocycles. The number of nitrogens with zero attached hydrogens (tertiary/aromatic N) is 2. The van der Waals surface area contributed by atoms with Gasteiger partial charge in [-0.15, -0.1) is 0 Å². The second-order valence-corrected chi connectivity index (χ2v) is 4.68. The SMILES string of the molecule is CCc1nn(C)cc1C(=O)NCC(O)C(C)CC. The maximum absolute atomic E-state index is 12.0. The lowest BCUT2D eigenvalue weighted by Crippen LogP contribution is -2.35. The van der Waals surface area contributed by atoms with E-state index in [-0.39, 0.29) is 18.4 Å². The zero-order valence-electron chi connectivity index (χ0n) is 11.6. The first kappa shape index (κ1) is 14.7. The highest BCUT2D eigenvalue weighted by molar-refractivity contribution is 5.95. The first-order chi connectivity index (χ1) is 8.49. The Hall–Kier alpha value is -1.36. The first-order valence-electron chi connectivity index (χ1n) is 6.48. The van der Waals surface area contributed by atoms with E-state index >= 15 is 0 Å². The minimum atomic E-state index is -0.499. The second-order valence-electron chi connectivity index (χ2n) is 4.68. The molecule has 0 aliphatic carbocycles. The van der Waals surface area contributed by atoms with Gasteiger partial charge in [0.05, 0.1) is 17.4 Å². The van der Waals surface area contributed by atoms with Crippen LogP contribution in [0.15, 0.2) is 6.20 Å². The van der Waals surface area contributed by atoms with Crippen molar-refractivity contribution < 1.29 is 9.90 Å². The van der Waals surface area contributed by atoms with Crippen LogP contribution in [0.4, 0.5) is 0 Å². The van der Waals surface area contributed by atoms with Crippen molar-refractivity contribution in [1.29, 1.82) is 0 Å². The molecule has 1 heterocycles. The molecule has 0 saturated heterocycles. The van der Waals surface area contributed by atoms with E-state index in [0.29, 0.717) is 5.56 Å². The molecule has 2 unspecified atom stereocenters. The zero-order valence-corrected chi connectivity index (χ0v) is 11.6. The van der Waals surface area contributed by atoms with Crippen molar-refractivity contribution >= 4 is 5.91 Å². The Kier molecular flexibility index (Phi) is 5.34. The zero-order chi connectivity index (χ0) is 13.7. The minimum Gasteiger partial charge on any atom is -0.391 e. The number of hydrogen-bond donors (Lipinski definition) is 2. The normalized spacial score (nSPS) is 14.3. The number of carbonyl (C=O) groups excluding carboxylic acids is 1. The number of rotatable bonds is 6. The lowest BCUT2D eigenvalue weighted by molar-refractivity contribution is 0.0849. The van der Waals surface area contributed by atoms with Gasteiger partial charge in [0.25, 0.3) is 5.91 Å². The molecule has 1 amide bonds. The largest absolute Gasteiger partial charge is 0.391 e. The van der Waals surface area contributed by atoms with Crippen molar-refractivity contribution in [3.8, 4) is 0 Å². The van der Waals surface area contributed by atoms with Crippen LogP contribution < -0.4 is 5.32 Å². The summed E-state index contributed by atoms with van der Waals surface area (Å²) in [4.78, 5) is 12.0. The maximum atomic E-state index is 12.0. The molecule has 0 spiro atoms. The predicted molar refractivity (Wildman–Crippen MR) is 70.4 cm³/mol. The number of aliphatic hydroxyl groups is 1. The van der Waals surface area contributed by atoms with E-state index in [1.165, 1.54) is 0 Å². The molecule has 0 radical (unpaired) electrons. The van der Waals surface area contributed by atoms with Gasteiger partial charge in [-0.1, -0.05) is 27.2 Å². The highest BCUT2D eigenvalue weighted by Gasteiger charge is 2.17. The van der Waals surface area contributed by atoms with Crippen molar-refractivity contribution in [2.45, 2.75) is 39.7 Å². The van der Waals surface area contributed by atoms with Gasteiger partial charge in [-0.05, 0) is 12.3 Å². The number of aryl methyl sites for hydroxylation is 2. The molecule has 0 aromatic carbocycles. The number of aliphatic hydroxyl groups excluding tert-OH is 1. The Morgan fingerprint density at radius 3 is 2.78 bits per heavy atom. The Balaban J connectivity index is 2.60. The lowest BCUT2D eigenvalue weighted by atomic mass is 10.0. The summed E-state index contributed by atoms with van der Waals surface area (Å²) in [7, 11) is 1.80. The van der Waals surface area contributed by atoms with E-state index in [4.69, 9.17) is 0 Å². The van der Waals surface area contributed by atoms with Crippen LogP contribution in [0.1, 0.15) is 43.2 Å². The quantitative estimate of drug-likeness (QED) is 0.798. The summed E-state index contributed by atoms with van der Waals surface area (Å²) in [5.74, 6) is 0.0205. The van der Waals surface area contributed by atoms with Gasteiger partial charge in [0.1, 0.15) is 0 Å². The summed E-state index contributed by atoms with van der Waals surface area (Å²) in [6, 6.07) is 0. The Morgan fingerprint density at radius 2 is 2.22 bits per heavy atom. The summed E-state index contributed by atoms with van der Waals surface area (Å²) in [5.41, 5.74) is 1.38. The molecule has 2 atom stereocenters. The molecular weight excluding hydrogens is 230 g/mol. The molecule has 5 nitrogen and oxygen atoms in total. The van der Waals surface area contributed by atoms with Gasteiger partial charge in [0, 0.05) is 19.8 Å². The van der Waals surface area contributed by atoms with Crippen molar-refractivity contribution in [1.82, 2.24) is 15.1 Å². The van der Waals surface area contributed by atoms with E-state index < -0.39 is 6.10 Å². The van der Waals surface area contributed by atoms with Crippen molar-refractivity contribution in [2.75, 3.05) is 6.54 Å². The molecule has 0 bridgehead atoms. The third-order valence-electron chi connectivity index (χ3n) is 3.26. The fourth-order valence-corrected chi connectivity index (χ4v) is 1.75. The van der Waals surface area contributed by atoms with Crippen LogP contribution in [0.25, 0.3) is 0 Å². The van der Waals surface area contributed by atoms with Crippen LogP contribution in [-0.2, 0) is 13.5 Å². The van der Waals surface area contributed by atoms with E-state index in [1.807, 2.05) is 20.8 Å². The maximum Gasteiger partial charge on any atom is 0.254 e. The monoisotopic (exact) mass is 253 g/mol. The highest BCUT2D eigenvalue weighted by Crippen LogP contribution is 2.09.